The zero-order valence-electron chi connectivity index (χ0n) is 13.2. The van der Waals surface area contributed by atoms with Gasteiger partial charge in [-0.3, -0.25) is 0 Å². The molecule has 0 radical (unpaired) electrons. The Morgan fingerprint density at radius 1 is 0.960 bits per heavy atom. The Labute approximate surface area is 160 Å². The van der Waals surface area contributed by atoms with Crippen molar-refractivity contribution in [2.45, 2.75) is 13.1 Å². The second-order valence-corrected chi connectivity index (χ2v) is 6.29. The SMILES string of the molecule is O=C(O)c1ccc(CNCc2ccc(-c3ccc(Br)cc3)o2)cc1.[Cl-]. The number of carboxylic acids is 1. The van der Waals surface area contributed by atoms with E-state index < -0.39 is 5.97 Å². The highest BCUT2D eigenvalue weighted by Gasteiger charge is 2.05. The summed E-state index contributed by atoms with van der Waals surface area (Å²) in [6.07, 6.45) is 0. The van der Waals surface area contributed by atoms with Gasteiger partial charge in [0.05, 0.1) is 12.1 Å². The summed E-state index contributed by atoms with van der Waals surface area (Å²) in [5.74, 6) is 0.783. The maximum atomic E-state index is 10.8. The van der Waals surface area contributed by atoms with Crippen molar-refractivity contribution >= 4 is 21.9 Å². The van der Waals surface area contributed by atoms with Crippen LogP contribution in [-0.2, 0) is 13.1 Å². The highest BCUT2D eigenvalue weighted by atomic mass is 79.9. The lowest BCUT2D eigenvalue weighted by Gasteiger charge is -2.04. The van der Waals surface area contributed by atoms with E-state index in [2.05, 4.69) is 21.2 Å². The molecule has 3 aromatic rings. The van der Waals surface area contributed by atoms with Gasteiger partial charge in [0.25, 0.3) is 0 Å². The lowest BCUT2D eigenvalue weighted by atomic mass is 10.1. The molecule has 3 rings (SSSR count). The lowest BCUT2D eigenvalue weighted by molar-refractivity contribution is -0.0000208. The maximum Gasteiger partial charge on any atom is 0.335 e. The molecule has 0 fully saturated rings. The third kappa shape index (κ3) is 5.19. The van der Waals surface area contributed by atoms with Gasteiger partial charge < -0.3 is 27.2 Å². The van der Waals surface area contributed by atoms with Crippen LogP contribution in [0, 0.1) is 0 Å². The van der Waals surface area contributed by atoms with Crippen molar-refractivity contribution in [2.24, 2.45) is 0 Å². The molecule has 0 spiro atoms. The van der Waals surface area contributed by atoms with Gasteiger partial charge in [0, 0.05) is 16.6 Å². The van der Waals surface area contributed by atoms with Crippen molar-refractivity contribution in [1.29, 1.82) is 0 Å². The molecule has 0 saturated heterocycles. The summed E-state index contributed by atoms with van der Waals surface area (Å²) in [6.45, 7) is 1.26. The number of benzene rings is 2. The average molecular weight is 422 g/mol. The molecule has 2 aromatic carbocycles. The fraction of sp³-hybridized carbons (Fsp3) is 0.105. The van der Waals surface area contributed by atoms with Gasteiger partial charge in [0.15, 0.2) is 0 Å². The van der Waals surface area contributed by atoms with E-state index in [4.69, 9.17) is 9.52 Å². The Bertz CT molecular complexity index is 829. The van der Waals surface area contributed by atoms with E-state index in [0.29, 0.717) is 18.7 Å². The van der Waals surface area contributed by atoms with Crippen molar-refractivity contribution in [1.82, 2.24) is 5.32 Å². The fourth-order valence-corrected chi connectivity index (χ4v) is 2.60. The van der Waals surface area contributed by atoms with Gasteiger partial charge in [0.1, 0.15) is 11.5 Å². The predicted octanol–water partition coefficient (Wildman–Crippen LogP) is 1.70. The summed E-state index contributed by atoms with van der Waals surface area (Å²) in [4.78, 5) is 10.8. The molecule has 0 amide bonds. The van der Waals surface area contributed by atoms with E-state index in [1.54, 1.807) is 12.1 Å². The largest absolute Gasteiger partial charge is 1.00 e. The van der Waals surface area contributed by atoms with Crippen LogP contribution in [0.1, 0.15) is 21.7 Å². The molecule has 25 heavy (non-hydrogen) atoms. The van der Waals surface area contributed by atoms with Crippen molar-refractivity contribution in [3.05, 3.63) is 82.0 Å². The molecule has 0 saturated carbocycles. The minimum absolute atomic E-state index is 0. The molecule has 1 heterocycles. The van der Waals surface area contributed by atoms with Crippen molar-refractivity contribution in [3.8, 4) is 11.3 Å². The van der Waals surface area contributed by atoms with Gasteiger partial charge in [0.2, 0.25) is 0 Å². The predicted molar refractivity (Wildman–Crippen MR) is 95.8 cm³/mol. The summed E-state index contributed by atoms with van der Waals surface area (Å²) in [7, 11) is 0. The summed E-state index contributed by atoms with van der Waals surface area (Å²) >= 11 is 3.42. The standard InChI is InChI=1S/C19H16BrNO3.ClH/c20-16-7-5-14(6-8-16)18-10-9-17(24-18)12-21-11-13-1-3-15(4-2-13)19(22)23;/h1-10,21H,11-12H2,(H,22,23);1H/p-1. The van der Waals surface area contributed by atoms with E-state index >= 15 is 0 Å². The maximum absolute atomic E-state index is 10.8. The van der Waals surface area contributed by atoms with Gasteiger partial charge >= 0.3 is 5.97 Å². The van der Waals surface area contributed by atoms with Gasteiger partial charge in [-0.15, -0.1) is 0 Å². The fourth-order valence-electron chi connectivity index (χ4n) is 2.34. The first-order chi connectivity index (χ1) is 11.6. The zero-order chi connectivity index (χ0) is 16.9. The van der Waals surface area contributed by atoms with Gasteiger partial charge in [-0.25, -0.2) is 4.79 Å². The third-order valence-corrected chi connectivity index (χ3v) is 4.15. The molecule has 130 valence electrons. The molecule has 0 bridgehead atoms. The summed E-state index contributed by atoms with van der Waals surface area (Å²) in [6, 6.07) is 18.7. The molecular weight excluding hydrogens is 406 g/mol. The van der Waals surface area contributed by atoms with Gasteiger partial charge in [-0.1, -0.05) is 40.2 Å². The van der Waals surface area contributed by atoms with Crippen LogP contribution in [0.4, 0.5) is 0 Å². The first-order valence-corrected chi connectivity index (χ1v) is 8.29. The van der Waals surface area contributed by atoms with E-state index in [-0.39, 0.29) is 12.4 Å². The van der Waals surface area contributed by atoms with Crippen LogP contribution < -0.4 is 17.7 Å². The molecule has 6 heteroatoms. The summed E-state index contributed by atoms with van der Waals surface area (Å²) < 4.78 is 6.88. The van der Waals surface area contributed by atoms with Crippen LogP contribution in [0.2, 0.25) is 0 Å². The Hall–Kier alpha value is -2.08. The molecule has 1 aromatic heterocycles. The quantitative estimate of drug-likeness (QED) is 0.636. The second-order valence-electron chi connectivity index (χ2n) is 5.38. The summed E-state index contributed by atoms with van der Waals surface area (Å²) in [5, 5.41) is 12.2. The van der Waals surface area contributed by atoms with Crippen LogP contribution in [0.3, 0.4) is 0 Å². The molecule has 2 N–H and O–H groups in total. The first-order valence-electron chi connectivity index (χ1n) is 7.49. The van der Waals surface area contributed by atoms with E-state index in [0.717, 1.165) is 27.1 Å². The van der Waals surface area contributed by atoms with E-state index in [1.807, 2.05) is 48.5 Å². The number of hydrogen-bond acceptors (Lipinski definition) is 3. The molecule has 0 aliphatic heterocycles. The Kier molecular flexibility index (Phi) is 6.82. The number of hydrogen-bond donors (Lipinski definition) is 2. The minimum Gasteiger partial charge on any atom is -1.00 e. The van der Waals surface area contributed by atoms with Crippen molar-refractivity contribution in [3.63, 3.8) is 0 Å². The monoisotopic (exact) mass is 420 g/mol. The smallest absolute Gasteiger partial charge is 0.335 e. The number of rotatable bonds is 6. The number of aromatic carboxylic acids is 1. The van der Waals surface area contributed by atoms with Crippen molar-refractivity contribution < 1.29 is 26.7 Å². The minimum atomic E-state index is -0.912. The van der Waals surface area contributed by atoms with Crippen molar-refractivity contribution in [2.75, 3.05) is 0 Å². The number of halogens is 2. The van der Waals surface area contributed by atoms with Gasteiger partial charge in [-0.05, 0) is 42.0 Å². The molecule has 0 aliphatic carbocycles. The van der Waals surface area contributed by atoms with Crippen LogP contribution in [0.5, 0.6) is 0 Å². The second kappa shape index (κ2) is 8.85. The Morgan fingerprint density at radius 3 is 2.28 bits per heavy atom. The van der Waals surface area contributed by atoms with Gasteiger partial charge in [-0.2, -0.15) is 0 Å². The van der Waals surface area contributed by atoms with Crippen LogP contribution >= 0.6 is 15.9 Å². The number of furan rings is 1. The lowest BCUT2D eigenvalue weighted by Crippen LogP contribution is -3.00. The molecule has 0 atom stereocenters. The number of carboxylic acid groups (broad SMARTS) is 1. The van der Waals surface area contributed by atoms with Crippen LogP contribution in [-0.4, -0.2) is 11.1 Å². The molecule has 0 unspecified atom stereocenters. The molecule has 0 aliphatic rings. The highest BCUT2D eigenvalue weighted by molar-refractivity contribution is 9.10. The molecule has 4 nitrogen and oxygen atoms in total. The average Bonchev–Trinajstić information content (AvgIpc) is 3.05. The van der Waals surface area contributed by atoms with E-state index in [9.17, 15) is 4.79 Å². The topological polar surface area (TPSA) is 62.5 Å². The summed E-state index contributed by atoms with van der Waals surface area (Å²) in [5.41, 5.74) is 2.36. The van der Waals surface area contributed by atoms with E-state index in [1.165, 1.54) is 0 Å². The highest BCUT2D eigenvalue weighted by Crippen LogP contribution is 2.24. The number of carbonyl (C=O) groups is 1. The zero-order valence-corrected chi connectivity index (χ0v) is 15.5. The first kappa shape index (κ1) is 19.2. The normalized spacial score (nSPS) is 10.3. The Morgan fingerprint density at radius 2 is 1.64 bits per heavy atom. The number of nitrogens with one attached hydrogen (secondary N) is 1. The molecular formula is C19H16BrClNO3-. The Balaban J connectivity index is 0.00000225. The van der Waals surface area contributed by atoms with Crippen LogP contribution in [0.15, 0.2) is 69.6 Å². The third-order valence-electron chi connectivity index (χ3n) is 3.62. The van der Waals surface area contributed by atoms with Crippen LogP contribution in [0.25, 0.3) is 11.3 Å².